The largest absolute Gasteiger partial charge is 0.465 e. The summed E-state index contributed by atoms with van der Waals surface area (Å²) < 4.78 is 4.71. The zero-order chi connectivity index (χ0) is 21.8. The van der Waals surface area contributed by atoms with Gasteiger partial charge in [-0.05, 0) is 50.5 Å². The number of nitrogens with one attached hydrogen (secondary N) is 2. The Balaban J connectivity index is 1.73. The van der Waals surface area contributed by atoms with Gasteiger partial charge in [0.05, 0.1) is 24.8 Å². The first-order valence-electron chi connectivity index (χ1n) is 9.32. The van der Waals surface area contributed by atoms with Gasteiger partial charge in [0.1, 0.15) is 0 Å². The van der Waals surface area contributed by atoms with Crippen molar-refractivity contribution < 1.29 is 19.1 Å². The smallest absolute Gasteiger partial charge is 0.337 e. The molecule has 2 aromatic rings. The Morgan fingerprint density at radius 3 is 2.43 bits per heavy atom. The van der Waals surface area contributed by atoms with E-state index in [1.54, 1.807) is 36.3 Å². The first-order chi connectivity index (χ1) is 14.3. The summed E-state index contributed by atoms with van der Waals surface area (Å²) in [5, 5.41) is 5.86. The summed E-state index contributed by atoms with van der Waals surface area (Å²) in [7, 11) is 6.74. The average molecular weight is 408 g/mol. The molecule has 0 spiro atoms. The van der Waals surface area contributed by atoms with Crippen LogP contribution in [0.4, 0.5) is 17.1 Å². The summed E-state index contributed by atoms with van der Waals surface area (Å²) in [6.07, 6.45) is 1.62. The molecule has 1 heterocycles. The van der Waals surface area contributed by atoms with Crippen molar-refractivity contribution in [1.29, 1.82) is 0 Å². The fraction of sp³-hybridized carbons (Fsp3) is 0.227. The highest BCUT2D eigenvalue weighted by molar-refractivity contribution is 6.31. The summed E-state index contributed by atoms with van der Waals surface area (Å²) >= 11 is 0. The normalized spacial score (nSPS) is 13.8. The van der Waals surface area contributed by atoms with Crippen LogP contribution in [0.5, 0.6) is 0 Å². The number of fused-ring (bicyclic) bond motifs is 1. The average Bonchev–Trinajstić information content (AvgIpc) is 3.05. The third-order valence-corrected chi connectivity index (χ3v) is 4.69. The first kappa shape index (κ1) is 21.1. The van der Waals surface area contributed by atoms with Crippen LogP contribution in [0.3, 0.4) is 0 Å². The molecule has 0 unspecified atom stereocenters. The van der Waals surface area contributed by atoms with Gasteiger partial charge in [-0.2, -0.15) is 0 Å². The summed E-state index contributed by atoms with van der Waals surface area (Å²) in [4.78, 5) is 39.6. The van der Waals surface area contributed by atoms with E-state index >= 15 is 0 Å². The maximum absolute atomic E-state index is 12.3. The Kier molecular flexibility index (Phi) is 6.17. The molecule has 156 valence electrons. The number of hydrogen-bond acceptors (Lipinski definition) is 6. The molecule has 0 atom stereocenters. The van der Waals surface area contributed by atoms with Gasteiger partial charge in [-0.25, -0.2) is 4.79 Å². The van der Waals surface area contributed by atoms with Crippen LogP contribution in [0.15, 0.2) is 48.7 Å². The van der Waals surface area contributed by atoms with Crippen LogP contribution in [0.25, 0.3) is 5.57 Å². The van der Waals surface area contributed by atoms with Crippen LogP contribution >= 0.6 is 0 Å². The van der Waals surface area contributed by atoms with Crippen molar-refractivity contribution in [3.63, 3.8) is 0 Å². The van der Waals surface area contributed by atoms with Crippen molar-refractivity contribution in [2.24, 2.45) is 0 Å². The monoisotopic (exact) mass is 408 g/mol. The van der Waals surface area contributed by atoms with Gasteiger partial charge in [-0.15, -0.1) is 0 Å². The topological polar surface area (TPSA) is 91.0 Å². The fourth-order valence-corrected chi connectivity index (χ4v) is 3.04. The van der Waals surface area contributed by atoms with Crippen LogP contribution in [0, 0.1) is 0 Å². The molecule has 2 aromatic carbocycles. The van der Waals surface area contributed by atoms with Crippen LogP contribution in [0.2, 0.25) is 0 Å². The molecule has 0 aromatic heterocycles. The van der Waals surface area contributed by atoms with Crippen molar-refractivity contribution in [2.75, 3.05) is 50.3 Å². The maximum Gasteiger partial charge on any atom is 0.337 e. The minimum atomic E-state index is -0.461. The SMILES string of the molecule is COC(=O)c1ccc2c(c1)NC(=O)/C2=C\Nc1ccc(N(C)C(=O)CN(C)C)cc1. The lowest BCUT2D eigenvalue weighted by Gasteiger charge is -2.20. The fourth-order valence-electron chi connectivity index (χ4n) is 3.04. The molecular weight excluding hydrogens is 384 g/mol. The van der Waals surface area contributed by atoms with Gasteiger partial charge in [0.2, 0.25) is 5.91 Å². The molecule has 8 heteroatoms. The van der Waals surface area contributed by atoms with E-state index in [0.29, 0.717) is 28.9 Å². The lowest BCUT2D eigenvalue weighted by Crippen LogP contribution is -2.34. The number of carbonyl (C=O) groups is 3. The summed E-state index contributed by atoms with van der Waals surface area (Å²) in [6, 6.07) is 12.3. The Bertz CT molecular complexity index is 1010. The van der Waals surface area contributed by atoms with Crippen molar-refractivity contribution in [3.05, 3.63) is 59.8 Å². The second-order valence-corrected chi connectivity index (χ2v) is 7.15. The van der Waals surface area contributed by atoms with Gasteiger partial charge >= 0.3 is 5.97 Å². The number of amides is 2. The van der Waals surface area contributed by atoms with E-state index < -0.39 is 5.97 Å². The van der Waals surface area contributed by atoms with Crippen molar-refractivity contribution in [2.45, 2.75) is 0 Å². The standard InChI is InChI=1S/C22H24N4O4/c1-25(2)13-20(27)26(3)16-8-6-15(7-9-16)23-12-18-17-10-5-14(22(29)30-4)11-19(17)24-21(18)28/h5-12,23H,13H2,1-4H3,(H,24,28)/b18-12-. The lowest BCUT2D eigenvalue weighted by molar-refractivity contribution is -0.119. The second-order valence-electron chi connectivity index (χ2n) is 7.15. The van der Waals surface area contributed by atoms with Crippen molar-refractivity contribution in [1.82, 2.24) is 4.90 Å². The Hall–Kier alpha value is -3.65. The molecule has 8 nitrogen and oxygen atoms in total. The summed E-state index contributed by atoms with van der Waals surface area (Å²) in [5.74, 6) is -0.727. The van der Waals surface area contributed by atoms with Crippen molar-refractivity contribution >= 4 is 40.4 Å². The number of anilines is 3. The van der Waals surface area contributed by atoms with E-state index in [2.05, 4.69) is 10.6 Å². The molecule has 0 aliphatic carbocycles. The Morgan fingerprint density at radius 1 is 1.10 bits per heavy atom. The van der Waals surface area contributed by atoms with Crippen LogP contribution < -0.4 is 15.5 Å². The molecule has 30 heavy (non-hydrogen) atoms. The zero-order valence-corrected chi connectivity index (χ0v) is 17.4. The van der Waals surface area contributed by atoms with Crippen molar-refractivity contribution in [3.8, 4) is 0 Å². The van der Waals surface area contributed by atoms with E-state index in [1.165, 1.54) is 7.11 Å². The number of methoxy groups -OCH3 is 1. The number of hydrogen-bond donors (Lipinski definition) is 2. The quantitative estimate of drug-likeness (QED) is 0.564. The van der Waals surface area contributed by atoms with Gasteiger partial charge in [0, 0.05) is 35.9 Å². The highest BCUT2D eigenvalue weighted by Gasteiger charge is 2.25. The van der Waals surface area contributed by atoms with Gasteiger partial charge in [-0.1, -0.05) is 6.07 Å². The molecule has 0 saturated carbocycles. The minimum absolute atomic E-state index is 0.00613. The van der Waals surface area contributed by atoms with Crippen LogP contribution in [-0.2, 0) is 14.3 Å². The number of carbonyl (C=O) groups excluding carboxylic acids is 3. The Morgan fingerprint density at radius 2 is 1.80 bits per heavy atom. The van der Waals surface area contributed by atoms with Crippen LogP contribution in [0.1, 0.15) is 15.9 Å². The molecular formula is C22H24N4O4. The van der Waals surface area contributed by atoms with Gasteiger partial charge in [0.15, 0.2) is 0 Å². The van der Waals surface area contributed by atoms with Gasteiger partial charge < -0.3 is 25.2 Å². The lowest BCUT2D eigenvalue weighted by atomic mass is 10.1. The molecule has 0 bridgehead atoms. The molecule has 3 rings (SSSR count). The van der Waals surface area contributed by atoms with E-state index in [9.17, 15) is 14.4 Å². The van der Waals surface area contributed by atoms with E-state index in [-0.39, 0.29) is 11.8 Å². The molecule has 2 amide bonds. The predicted octanol–water partition coefficient (Wildman–Crippen LogP) is 2.40. The summed E-state index contributed by atoms with van der Waals surface area (Å²) in [6.45, 7) is 0.328. The molecule has 0 saturated heterocycles. The number of benzene rings is 2. The number of esters is 1. The number of rotatable bonds is 6. The molecule has 0 fully saturated rings. The van der Waals surface area contributed by atoms with Crippen LogP contribution in [-0.4, -0.2) is 57.5 Å². The molecule has 2 N–H and O–H groups in total. The number of likely N-dealkylation sites (N-methyl/N-ethyl adjacent to an activating group) is 2. The third-order valence-electron chi connectivity index (χ3n) is 4.69. The number of ether oxygens (including phenoxy) is 1. The van der Waals surface area contributed by atoms with E-state index in [1.807, 2.05) is 43.3 Å². The molecule has 0 radical (unpaired) electrons. The Labute approximate surface area is 175 Å². The maximum atomic E-state index is 12.3. The third kappa shape index (κ3) is 4.49. The predicted molar refractivity (Wildman–Crippen MR) is 116 cm³/mol. The first-order valence-corrected chi connectivity index (χ1v) is 9.32. The number of nitrogens with zero attached hydrogens (tertiary/aromatic N) is 2. The minimum Gasteiger partial charge on any atom is -0.465 e. The zero-order valence-electron chi connectivity index (χ0n) is 17.4. The highest BCUT2D eigenvalue weighted by atomic mass is 16.5. The van der Waals surface area contributed by atoms with E-state index in [0.717, 1.165) is 11.4 Å². The second kappa shape index (κ2) is 8.79. The highest BCUT2D eigenvalue weighted by Crippen LogP contribution is 2.32. The van der Waals surface area contributed by atoms with Gasteiger partial charge in [-0.3, -0.25) is 9.59 Å². The molecule has 1 aliphatic heterocycles. The summed E-state index contributed by atoms with van der Waals surface area (Å²) in [5.41, 5.74) is 3.64. The van der Waals surface area contributed by atoms with Gasteiger partial charge in [0.25, 0.3) is 5.91 Å². The molecule has 1 aliphatic rings. The van der Waals surface area contributed by atoms with E-state index in [4.69, 9.17) is 4.74 Å².